The SMILES string of the molecule is COCC(Nc1nccc(C(=O)O)c1Cl)C(C)C. The van der Waals surface area contributed by atoms with Crippen molar-refractivity contribution in [3.63, 3.8) is 0 Å². The molecule has 0 amide bonds. The Labute approximate surface area is 111 Å². The Morgan fingerprint density at radius 3 is 2.78 bits per heavy atom. The average Bonchev–Trinajstić information content (AvgIpc) is 2.30. The number of carbonyl (C=O) groups is 1. The molecule has 0 fully saturated rings. The van der Waals surface area contributed by atoms with E-state index < -0.39 is 5.97 Å². The second-order valence-electron chi connectivity index (χ2n) is 4.28. The monoisotopic (exact) mass is 272 g/mol. The maximum absolute atomic E-state index is 11.0. The van der Waals surface area contributed by atoms with Crippen LogP contribution in [0, 0.1) is 5.92 Å². The molecule has 1 aromatic rings. The lowest BCUT2D eigenvalue weighted by molar-refractivity contribution is 0.0697. The molecule has 1 aromatic heterocycles. The van der Waals surface area contributed by atoms with Gasteiger partial charge in [-0.05, 0) is 12.0 Å². The zero-order valence-electron chi connectivity index (χ0n) is 10.6. The van der Waals surface area contributed by atoms with Crippen molar-refractivity contribution in [2.45, 2.75) is 19.9 Å². The van der Waals surface area contributed by atoms with E-state index in [-0.39, 0.29) is 16.6 Å². The summed E-state index contributed by atoms with van der Waals surface area (Å²) in [6, 6.07) is 1.39. The van der Waals surface area contributed by atoms with Gasteiger partial charge in [-0.2, -0.15) is 0 Å². The minimum absolute atomic E-state index is 0.0176. The summed E-state index contributed by atoms with van der Waals surface area (Å²) in [5.41, 5.74) is 0.0362. The third kappa shape index (κ3) is 3.58. The summed E-state index contributed by atoms with van der Waals surface area (Å²) in [4.78, 5) is 15.0. The van der Waals surface area contributed by atoms with Crippen molar-refractivity contribution in [3.05, 3.63) is 22.8 Å². The summed E-state index contributed by atoms with van der Waals surface area (Å²) in [6.07, 6.45) is 1.42. The minimum atomic E-state index is -1.07. The lowest BCUT2D eigenvalue weighted by Crippen LogP contribution is -2.31. The maximum Gasteiger partial charge on any atom is 0.337 e. The standard InChI is InChI=1S/C12H17ClN2O3/c1-7(2)9(6-18-3)15-11-10(13)8(12(16)17)4-5-14-11/h4-5,7,9H,6H2,1-3H3,(H,14,15)(H,16,17). The Bertz CT molecular complexity index is 424. The van der Waals surface area contributed by atoms with Crippen molar-refractivity contribution >= 4 is 23.4 Å². The number of rotatable bonds is 6. The van der Waals surface area contributed by atoms with E-state index in [4.69, 9.17) is 21.4 Å². The highest BCUT2D eigenvalue weighted by Gasteiger charge is 2.18. The number of aromatic nitrogens is 1. The second-order valence-corrected chi connectivity index (χ2v) is 4.65. The number of nitrogens with zero attached hydrogens (tertiary/aromatic N) is 1. The van der Waals surface area contributed by atoms with Gasteiger partial charge in [-0.15, -0.1) is 0 Å². The second kappa shape index (κ2) is 6.56. The summed E-state index contributed by atoms with van der Waals surface area (Å²) in [7, 11) is 1.61. The Balaban J connectivity index is 2.96. The van der Waals surface area contributed by atoms with Crippen molar-refractivity contribution in [3.8, 4) is 0 Å². The third-order valence-electron chi connectivity index (χ3n) is 2.59. The lowest BCUT2D eigenvalue weighted by Gasteiger charge is -2.22. The van der Waals surface area contributed by atoms with Gasteiger partial charge in [0.1, 0.15) is 5.82 Å². The first-order chi connectivity index (χ1) is 8.47. The van der Waals surface area contributed by atoms with Crippen LogP contribution in [-0.4, -0.2) is 35.8 Å². The number of carboxylic acids is 1. The predicted molar refractivity (Wildman–Crippen MR) is 70.3 cm³/mol. The fraction of sp³-hybridized carbons (Fsp3) is 0.500. The van der Waals surface area contributed by atoms with Gasteiger partial charge < -0.3 is 15.2 Å². The maximum atomic E-state index is 11.0. The molecule has 100 valence electrons. The normalized spacial score (nSPS) is 12.5. The number of aromatic carboxylic acids is 1. The van der Waals surface area contributed by atoms with Gasteiger partial charge in [-0.1, -0.05) is 25.4 Å². The average molecular weight is 273 g/mol. The highest BCUT2D eigenvalue weighted by molar-refractivity contribution is 6.35. The number of methoxy groups -OCH3 is 1. The van der Waals surface area contributed by atoms with Crippen molar-refractivity contribution < 1.29 is 14.6 Å². The molecule has 1 heterocycles. The molecule has 18 heavy (non-hydrogen) atoms. The zero-order chi connectivity index (χ0) is 13.7. The van der Waals surface area contributed by atoms with Crippen molar-refractivity contribution in [1.29, 1.82) is 0 Å². The molecular formula is C12H17ClN2O3. The Morgan fingerprint density at radius 1 is 1.61 bits per heavy atom. The molecule has 1 atom stereocenters. The zero-order valence-corrected chi connectivity index (χ0v) is 11.4. The molecule has 2 N–H and O–H groups in total. The number of pyridine rings is 1. The quantitative estimate of drug-likeness (QED) is 0.833. The van der Waals surface area contributed by atoms with Crippen molar-refractivity contribution in [2.24, 2.45) is 5.92 Å². The van der Waals surface area contributed by atoms with Crippen LogP contribution in [0.2, 0.25) is 5.02 Å². The molecule has 5 nitrogen and oxygen atoms in total. The molecular weight excluding hydrogens is 256 g/mol. The number of halogens is 1. The fourth-order valence-corrected chi connectivity index (χ4v) is 1.71. The van der Waals surface area contributed by atoms with Gasteiger partial charge >= 0.3 is 5.97 Å². The molecule has 0 aliphatic carbocycles. The summed E-state index contributed by atoms with van der Waals surface area (Å²) < 4.78 is 5.11. The van der Waals surface area contributed by atoms with Crippen LogP contribution in [0.5, 0.6) is 0 Å². The summed E-state index contributed by atoms with van der Waals surface area (Å²) in [5.74, 6) is -0.401. The Morgan fingerprint density at radius 2 is 2.28 bits per heavy atom. The first-order valence-corrected chi connectivity index (χ1v) is 5.98. The molecule has 0 spiro atoms. The summed E-state index contributed by atoms with van der Waals surface area (Å²) in [6.45, 7) is 4.56. The number of ether oxygens (including phenoxy) is 1. The molecule has 0 saturated carbocycles. The van der Waals surface area contributed by atoms with Crippen LogP contribution in [0.25, 0.3) is 0 Å². The summed E-state index contributed by atoms with van der Waals surface area (Å²) >= 11 is 6.01. The van der Waals surface area contributed by atoms with Crippen LogP contribution < -0.4 is 5.32 Å². The molecule has 0 aliphatic rings. The summed E-state index contributed by atoms with van der Waals surface area (Å²) in [5, 5.41) is 12.2. The van der Waals surface area contributed by atoms with Gasteiger partial charge in [-0.25, -0.2) is 9.78 Å². The molecule has 1 unspecified atom stereocenters. The topological polar surface area (TPSA) is 71.5 Å². The van der Waals surface area contributed by atoms with Crippen LogP contribution in [-0.2, 0) is 4.74 Å². The molecule has 0 aromatic carbocycles. The van der Waals surface area contributed by atoms with Crippen LogP contribution >= 0.6 is 11.6 Å². The van der Waals surface area contributed by atoms with E-state index in [2.05, 4.69) is 10.3 Å². The van der Waals surface area contributed by atoms with E-state index in [1.807, 2.05) is 13.8 Å². The first-order valence-electron chi connectivity index (χ1n) is 5.60. The van der Waals surface area contributed by atoms with E-state index in [0.29, 0.717) is 18.3 Å². The van der Waals surface area contributed by atoms with Crippen LogP contribution in [0.15, 0.2) is 12.3 Å². The lowest BCUT2D eigenvalue weighted by atomic mass is 10.1. The van der Waals surface area contributed by atoms with Gasteiger partial charge in [0.25, 0.3) is 0 Å². The van der Waals surface area contributed by atoms with E-state index in [1.54, 1.807) is 7.11 Å². The van der Waals surface area contributed by atoms with Crippen molar-refractivity contribution in [1.82, 2.24) is 4.98 Å². The van der Waals surface area contributed by atoms with Crippen LogP contribution in [0.4, 0.5) is 5.82 Å². The Hall–Kier alpha value is -1.33. The molecule has 1 rings (SSSR count). The van der Waals surface area contributed by atoms with Gasteiger partial charge in [0.15, 0.2) is 0 Å². The fourth-order valence-electron chi connectivity index (χ4n) is 1.47. The van der Waals surface area contributed by atoms with Crippen LogP contribution in [0.1, 0.15) is 24.2 Å². The Kier molecular flexibility index (Phi) is 5.37. The number of carboxylic acid groups (broad SMARTS) is 1. The van der Waals surface area contributed by atoms with Crippen LogP contribution in [0.3, 0.4) is 0 Å². The van der Waals surface area contributed by atoms with Crippen molar-refractivity contribution in [2.75, 3.05) is 19.0 Å². The van der Waals surface area contributed by atoms with E-state index in [0.717, 1.165) is 0 Å². The van der Waals surface area contributed by atoms with Gasteiger partial charge in [0, 0.05) is 13.3 Å². The minimum Gasteiger partial charge on any atom is -0.478 e. The number of nitrogens with one attached hydrogen (secondary N) is 1. The first kappa shape index (κ1) is 14.7. The van der Waals surface area contributed by atoms with Gasteiger partial charge in [-0.3, -0.25) is 0 Å². The van der Waals surface area contributed by atoms with Gasteiger partial charge in [0.2, 0.25) is 0 Å². The van der Waals surface area contributed by atoms with E-state index in [9.17, 15) is 4.79 Å². The molecule has 0 radical (unpaired) electrons. The van der Waals surface area contributed by atoms with E-state index >= 15 is 0 Å². The number of hydrogen-bond donors (Lipinski definition) is 2. The highest BCUT2D eigenvalue weighted by atomic mass is 35.5. The third-order valence-corrected chi connectivity index (χ3v) is 2.98. The number of anilines is 1. The van der Waals surface area contributed by atoms with Gasteiger partial charge in [0.05, 0.1) is 23.2 Å². The number of hydrogen-bond acceptors (Lipinski definition) is 4. The molecule has 6 heteroatoms. The van der Waals surface area contributed by atoms with E-state index in [1.165, 1.54) is 12.3 Å². The predicted octanol–water partition coefficient (Wildman–Crippen LogP) is 2.52. The molecule has 0 bridgehead atoms. The smallest absolute Gasteiger partial charge is 0.337 e. The largest absolute Gasteiger partial charge is 0.478 e. The molecule has 0 aliphatic heterocycles. The highest BCUT2D eigenvalue weighted by Crippen LogP contribution is 2.25. The molecule has 0 saturated heterocycles.